The highest BCUT2D eigenvalue weighted by Crippen LogP contribution is 2.24. The summed E-state index contributed by atoms with van der Waals surface area (Å²) in [5, 5.41) is 7.84. The van der Waals surface area contributed by atoms with E-state index in [1.165, 1.54) is 16.9 Å². The second kappa shape index (κ2) is 4.48. The lowest BCUT2D eigenvalue weighted by molar-refractivity contribution is 0.220. The van der Waals surface area contributed by atoms with E-state index in [0.717, 1.165) is 38.2 Å². The quantitative estimate of drug-likeness (QED) is 0.817. The van der Waals surface area contributed by atoms with Gasteiger partial charge in [-0.25, -0.2) is 0 Å². The number of rotatable bonds is 1. The molecule has 2 aliphatic heterocycles. The molecule has 0 saturated carbocycles. The minimum Gasteiger partial charge on any atom is -0.361 e. The highest BCUT2D eigenvalue weighted by atomic mass is 15.3. The molecule has 3 rings (SSSR count). The molecule has 1 aromatic rings. The summed E-state index contributed by atoms with van der Waals surface area (Å²) in [6.07, 6.45) is 4.00. The minimum absolute atomic E-state index is 0.752. The van der Waals surface area contributed by atoms with Gasteiger partial charge in [-0.2, -0.15) is 0 Å². The third kappa shape index (κ3) is 2.01. The maximum Gasteiger partial charge on any atom is 0.106 e. The predicted molar refractivity (Wildman–Crippen MR) is 73.6 cm³/mol. The van der Waals surface area contributed by atoms with Crippen molar-refractivity contribution >= 4 is 5.71 Å². The van der Waals surface area contributed by atoms with E-state index in [4.69, 9.17) is 5.41 Å². The summed E-state index contributed by atoms with van der Waals surface area (Å²) in [6, 6.07) is 8.68. The molecule has 1 N–H and O–H groups in total. The van der Waals surface area contributed by atoms with Crippen molar-refractivity contribution in [1.29, 1.82) is 5.41 Å². The van der Waals surface area contributed by atoms with Crippen molar-refractivity contribution in [2.75, 3.05) is 20.1 Å². The second-order valence-corrected chi connectivity index (χ2v) is 5.14. The van der Waals surface area contributed by atoms with Crippen molar-refractivity contribution in [2.24, 2.45) is 0 Å². The summed E-state index contributed by atoms with van der Waals surface area (Å²) < 4.78 is 0. The first-order valence-electron chi connectivity index (χ1n) is 6.56. The van der Waals surface area contributed by atoms with Gasteiger partial charge in [0.25, 0.3) is 0 Å². The number of allylic oxidation sites excluding steroid dienone is 1. The van der Waals surface area contributed by atoms with Crippen molar-refractivity contribution in [3.63, 3.8) is 0 Å². The van der Waals surface area contributed by atoms with E-state index < -0.39 is 0 Å². The molecule has 94 valence electrons. The van der Waals surface area contributed by atoms with Crippen molar-refractivity contribution in [1.82, 2.24) is 9.80 Å². The first-order chi connectivity index (χ1) is 8.74. The molecule has 3 nitrogen and oxygen atoms in total. The van der Waals surface area contributed by atoms with Gasteiger partial charge in [0.15, 0.2) is 0 Å². The first kappa shape index (κ1) is 11.3. The summed E-state index contributed by atoms with van der Waals surface area (Å²) in [5.41, 5.74) is 3.65. The van der Waals surface area contributed by atoms with Gasteiger partial charge in [0.2, 0.25) is 0 Å². The van der Waals surface area contributed by atoms with Crippen LogP contribution in [0.4, 0.5) is 0 Å². The third-order valence-electron chi connectivity index (χ3n) is 3.87. The van der Waals surface area contributed by atoms with Crippen molar-refractivity contribution in [3.05, 3.63) is 47.3 Å². The van der Waals surface area contributed by atoms with E-state index in [0.29, 0.717) is 0 Å². The van der Waals surface area contributed by atoms with E-state index in [-0.39, 0.29) is 0 Å². The fraction of sp³-hybridized carbons (Fsp3) is 0.400. The second-order valence-electron chi connectivity index (χ2n) is 5.14. The molecule has 0 aliphatic carbocycles. The van der Waals surface area contributed by atoms with E-state index in [1.807, 2.05) is 6.08 Å². The molecule has 0 atom stereocenters. The molecule has 0 fully saturated rings. The fourth-order valence-corrected chi connectivity index (χ4v) is 2.76. The Kier molecular flexibility index (Phi) is 2.82. The van der Waals surface area contributed by atoms with Crippen LogP contribution in [0.25, 0.3) is 0 Å². The van der Waals surface area contributed by atoms with Gasteiger partial charge in [-0.05, 0) is 23.6 Å². The van der Waals surface area contributed by atoms with Gasteiger partial charge >= 0.3 is 0 Å². The van der Waals surface area contributed by atoms with Crippen molar-refractivity contribution in [2.45, 2.75) is 19.4 Å². The number of nitrogens with zero attached hydrogens (tertiary/aromatic N) is 2. The number of fused-ring (bicyclic) bond motifs is 1. The smallest absolute Gasteiger partial charge is 0.106 e. The SMILES string of the molecule is CN1CCC(=N)C=C1N1CCc2ccccc2C1. The van der Waals surface area contributed by atoms with Crippen LogP contribution in [0.3, 0.4) is 0 Å². The van der Waals surface area contributed by atoms with E-state index in [9.17, 15) is 0 Å². The summed E-state index contributed by atoms with van der Waals surface area (Å²) in [4.78, 5) is 4.67. The van der Waals surface area contributed by atoms with Crippen molar-refractivity contribution < 1.29 is 0 Å². The Morgan fingerprint density at radius 3 is 2.67 bits per heavy atom. The van der Waals surface area contributed by atoms with Gasteiger partial charge in [0.1, 0.15) is 5.82 Å². The Bertz CT molecular complexity index is 504. The van der Waals surface area contributed by atoms with Gasteiger partial charge in [0, 0.05) is 38.8 Å². The summed E-state index contributed by atoms with van der Waals surface area (Å²) in [6.45, 7) is 2.99. The zero-order valence-electron chi connectivity index (χ0n) is 10.8. The van der Waals surface area contributed by atoms with Gasteiger partial charge in [-0.1, -0.05) is 24.3 Å². The van der Waals surface area contributed by atoms with Gasteiger partial charge < -0.3 is 15.2 Å². The summed E-state index contributed by atoms with van der Waals surface area (Å²) >= 11 is 0. The van der Waals surface area contributed by atoms with Crippen LogP contribution >= 0.6 is 0 Å². The van der Waals surface area contributed by atoms with Crippen LogP contribution in [0.1, 0.15) is 17.5 Å². The van der Waals surface area contributed by atoms with Crippen LogP contribution in [0.15, 0.2) is 36.2 Å². The molecule has 0 amide bonds. The minimum atomic E-state index is 0.752. The summed E-state index contributed by atoms with van der Waals surface area (Å²) in [5.74, 6) is 1.21. The molecular weight excluding hydrogens is 222 g/mol. The Morgan fingerprint density at radius 1 is 1.06 bits per heavy atom. The zero-order valence-corrected chi connectivity index (χ0v) is 10.8. The lowest BCUT2D eigenvalue weighted by atomic mass is 9.99. The average Bonchev–Trinajstić information content (AvgIpc) is 2.41. The Hall–Kier alpha value is -1.77. The van der Waals surface area contributed by atoms with Crippen LogP contribution < -0.4 is 0 Å². The van der Waals surface area contributed by atoms with Crippen LogP contribution in [0.5, 0.6) is 0 Å². The molecule has 3 heteroatoms. The van der Waals surface area contributed by atoms with Crippen LogP contribution in [0.2, 0.25) is 0 Å². The molecule has 0 spiro atoms. The maximum atomic E-state index is 7.84. The normalized spacial score (nSPS) is 19.6. The topological polar surface area (TPSA) is 30.3 Å². The molecule has 1 aromatic carbocycles. The Morgan fingerprint density at radius 2 is 1.83 bits per heavy atom. The molecule has 0 bridgehead atoms. The van der Waals surface area contributed by atoms with Gasteiger partial charge in [-0.15, -0.1) is 0 Å². The fourth-order valence-electron chi connectivity index (χ4n) is 2.76. The molecule has 0 saturated heterocycles. The third-order valence-corrected chi connectivity index (χ3v) is 3.87. The Labute approximate surface area is 108 Å². The molecule has 2 aliphatic rings. The Balaban J connectivity index is 1.85. The van der Waals surface area contributed by atoms with E-state index in [1.54, 1.807) is 0 Å². The molecule has 0 aromatic heterocycles. The monoisotopic (exact) mass is 241 g/mol. The first-order valence-corrected chi connectivity index (χ1v) is 6.56. The molecule has 2 heterocycles. The number of hydrogen-bond acceptors (Lipinski definition) is 3. The van der Waals surface area contributed by atoms with E-state index >= 15 is 0 Å². The number of nitrogens with one attached hydrogen (secondary N) is 1. The molecule has 0 radical (unpaired) electrons. The highest BCUT2D eigenvalue weighted by molar-refractivity contribution is 5.93. The van der Waals surface area contributed by atoms with Gasteiger partial charge in [0.05, 0.1) is 0 Å². The molecule has 0 unspecified atom stereocenters. The predicted octanol–water partition coefficient (Wildman–Crippen LogP) is 2.24. The summed E-state index contributed by atoms with van der Waals surface area (Å²) in [7, 11) is 2.12. The van der Waals surface area contributed by atoms with E-state index in [2.05, 4.69) is 41.1 Å². The van der Waals surface area contributed by atoms with Crippen molar-refractivity contribution in [3.8, 4) is 0 Å². The molecular formula is C15H19N3. The lowest BCUT2D eigenvalue weighted by Crippen LogP contribution is -2.40. The largest absolute Gasteiger partial charge is 0.361 e. The average molecular weight is 241 g/mol. The lowest BCUT2D eigenvalue weighted by Gasteiger charge is -2.38. The molecule has 18 heavy (non-hydrogen) atoms. The van der Waals surface area contributed by atoms with Crippen LogP contribution in [-0.2, 0) is 13.0 Å². The maximum absolute atomic E-state index is 7.84. The number of benzene rings is 1. The highest BCUT2D eigenvalue weighted by Gasteiger charge is 2.22. The van der Waals surface area contributed by atoms with Crippen LogP contribution in [-0.4, -0.2) is 35.6 Å². The number of hydrogen-bond donors (Lipinski definition) is 1. The van der Waals surface area contributed by atoms with Gasteiger partial charge in [-0.3, -0.25) is 0 Å². The zero-order chi connectivity index (χ0) is 12.5. The van der Waals surface area contributed by atoms with Crippen LogP contribution in [0, 0.1) is 5.41 Å². The standard InChI is InChI=1S/C15H19N3/c1-17-8-7-14(16)10-15(17)18-9-6-12-4-2-3-5-13(12)11-18/h2-5,10,16H,6-9,11H2,1H3.